The molecule has 0 heterocycles. The van der Waals surface area contributed by atoms with E-state index in [4.69, 9.17) is 26.9 Å². The Labute approximate surface area is 415 Å². The average molecular weight is 1290 g/mol. The Morgan fingerprint density at radius 1 is 0.408 bits per heavy atom. The lowest BCUT2D eigenvalue weighted by molar-refractivity contribution is -0.404. The third-order valence-electron chi connectivity index (χ3n) is 5.62. The predicted octanol–water partition coefficient (Wildman–Crippen LogP) is 17.4. The monoisotopic (exact) mass is 1290 g/mol. The number of rotatable bonds is 21. The molecule has 0 aromatic heterocycles. The SMILES string of the molecule is C.C.C[SiH](O[Si](C)(C)CCCOCF)O[Si](C)(C)CCCOCCC(F)(F)F.FCC(F)(F)C(F)(F)F.FCC(F)(F)F.FCC(F)(F)F.FCC(F)(OF)C(F)(F)F.FCOF.FCOF.FF.FOCC(F)(F)F. The zero-order valence-corrected chi connectivity index (χ0v) is 41.2. The molecule has 0 radical (unpaired) electrons. The van der Waals surface area contributed by atoms with Gasteiger partial charge in [0, 0.05) is 22.4 Å². The van der Waals surface area contributed by atoms with Crippen molar-refractivity contribution in [2.24, 2.45) is 0 Å². The number of alkyl halides is 28. The summed E-state index contributed by atoms with van der Waals surface area (Å²) in [5.41, 5.74) is 0. The lowest BCUT2D eigenvalue weighted by atomic mass is 10.3. The molecule has 45 heteroatoms. The van der Waals surface area contributed by atoms with Crippen molar-refractivity contribution in [3.8, 4) is 0 Å². The van der Waals surface area contributed by atoms with Gasteiger partial charge in [-0.3, -0.25) is 0 Å². The Morgan fingerprint density at radius 2 is 0.724 bits per heavy atom. The van der Waals surface area contributed by atoms with Crippen LogP contribution in [0.15, 0.2) is 0 Å². The van der Waals surface area contributed by atoms with Crippen LogP contribution in [0.3, 0.4) is 0 Å². The standard InChI is InChI=1S/C15H34F4O4Si3.C3H2F6O.C3H2F6.C2H2F4O.2C2H2F4.2CH2F2O.2CH4.F2/c1-24(23-26(4,5)13-7-10-21-14-16)22-25(2,3)12-6-9-20-11-8-15(17,18)19;4-1-2(5,10-9)3(6,7)8;4-1-2(5,6)3(7,8)9;3-2(4,5)1-7-6;2*3-1-2(4,5)6;2*2-1-4-3;;;1-2/h24H,6-14H2,1-5H3;1H2;1H2;1H2;2*1H2;2*1H2;2*1H4;. The Kier molecular flexibility index (Phi) is 68.4. The van der Waals surface area contributed by atoms with Crippen molar-refractivity contribution in [3.05, 3.63) is 0 Å². The highest BCUT2D eigenvalue weighted by atomic mass is 28.4. The Hall–Kier alpha value is -2.05. The highest BCUT2D eigenvalue weighted by molar-refractivity contribution is 6.81. The first-order chi connectivity index (χ1) is 33.1. The second-order valence-corrected chi connectivity index (χ2v) is 24.2. The Bertz CT molecular complexity index is 1140. The van der Waals surface area contributed by atoms with Crippen LogP contribution in [0, 0.1) is 0 Å². The molecule has 0 bridgehead atoms. The summed E-state index contributed by atoms with van der Waals surface area (Å²) < 4.78 is 384. The molecule has 0 fully saturated rings. The van der Waals surface area contributed by atoms with Gasteiger partial charge in [-0.2, -0.15) is 107 Å². The molecule has 8 nitrogen and oxygen atoms in total. The molecule has 0 N–H and O–H groups in total. The molecule has 2 unspecified atom stereocenters. The molecule has 0 aromatic rings. The first-order valence-corrected chi connectivity index (χ1v) is 26.4. The minimum absolute atomic E-state index is 0. The minimum atomic E-state index is -5.76. The number of hydrogen-bond donors (Lipinski definition) is 0. The summed E-state index contributed by atoms with van der Waals surface area (Å²) in [6.45, 7) is -4.14. The third kappa shape index (κ3) is 85.9. The van der Waals surface area contributed by atoms with Crippen LogP contribution in [0.25, 0.3) is 0 Å². The molecule has 2 atom stereocenters. The molecule has 0 saturated carbocycles. The normalized spacial score (nSPS) is 13.0. The van der Waals surface area contributed by atoms with E-state index in [0.717, 1.165) is 18.5 Å². The summed E-state index contributed by atoms with van der Waals surface area (Å²) in [6.07, 6.45) is -28.8. The van der Waals surface area contributed by atoms with Crippen molar-refractivity contribution < 1.29 is 188 Å². The molecular weight excluding hydrogens is 1230 g/mol. The van der Waals surface area contributed by atoms with Gasteiger partial charge in [0.2, 0.25) is 13.7 Å². The van der Waals surface area contributed by atoms with Crippen molar-refractivity contribution in [2.75, 3.05) is 73.7 Å². The van der Waals surface area contributed by atoms with Crippen molar-refractivity contribution in [1.82, 2.24) is 0 Å². The summed E-state index contributed by atoms with van der Waals surface area (Å²) in [4.78, 5) is 8.82. The van der Waals surface area contributed by atoms with Crippen LogP contribution in [0.4, 0.5) is 150 Å². The fraction of sp³-hybridized carbons (Fsp3) is 1.00. The molecular formula is C31H56F34O8Si3. The van der Waals surface area contributed by atoms with Gasteiger partial charge in [0.05, 0.1) is 13.0 Å². The molecule has 0 amide bonds. The van der Waals surface area contributed by atoms with Crippen LogP contribution in [0.1, 0.15) is 34.1 Å². The quantitative estimate of drug-likeness (QED) is 0.0639. The van der Waals surface area contributed by atoms with Gasteiger partial charge in [-0.15, -0.1) is 4.94 Å². The smallest absolute Gasteiger partial charge is 0.439 e. The predicted molar refractivity (Wildman–Crippen MR) is 207 cm³/mol. The van der Waals surface area contributed by atoms with Crippen LogP contribution in [0.5, 0.6) is 0 Å². The van der Waals surface area contributed by atoms with Crippen molar-refractivity contribution >= 4 is 25.9 Å². The maximum atomic E-state index is 12.0. The van der Waals surface area contributed by atoms with E-state index in [1.807, 2.05) is 6.55 Å². The molecule has 478 valence electrons. The van der Waals surface area contributed by atoms with Crippen LogP contribution >= 0.6 is 0 Å². The second-order valence-electron chi connectivity index (χ2n) is 13.1. The zero-order chi connectivity index (χ0) is 61.5. The van der Waals surface area contributed by atoms with Crippen LogP contribution < -0.4 is 0 Å². The van der Waals surface area contributed by atoms with Gasteiger partial charge in [0.25, 0.3) is 9.28 Å². The minimum Gasteiger partial charge on any atom is -0.439 e. The van der Waals surface area contributed by atoms with Crippen molar-refractivity contribution in [1.29, 1.82) is 0 Å². The van der Waals surface area contributed by atoms with Gasteiger partial charge in [0.15, 0.2) is 56.8 Å². The van der Waals surface area contributed by atoms with Gasteiger partial charge in [-0.05, 0) is 75.8 Å². The second kappa shape index (κ2) is 52.3. The number of hydrogen-bond acceptors (Lipinski definition) is 8. The summed E-state index contributed by atoms with van der Waals surface area (Å²) >= 11 is 0. The van der Waals surface area contributed by atoms with E-state index in [0.29, 0.717) is 19.6 Å². The fourth-order valence-electron chi connectivity index (χ4n) is 2.86. The molecule has 0 aliphatic rings. The molecule has 0 spiro atoms. The van der Waals surface area contributed by atoms with E-state index in [1.165, 1.54) is 0 Å². The Morgan fingerprint density at radius 3 is 0.868 bits per heavy atom. The molecule has 0 saturated heterocycles. The summed E-state index contributed by atoms with van der Waals surface area (Å²) in [5.74, 6) is -10.0. The molecule has 76 heavy (non-hydrogen) atoms. The molecule has 0 aliphatic heterocycles. The summed E-state index contributed by atoms with van der Waals surface area (Å²) in [6, 6.07) is 1.72. The number of halogens is 34. The molecule has 0 aromatic carbocycles. The van der Waals surface area contributed by atoms with Gasteiger partial charge in [-0.1, -0.05) is 14.9 Å². The largest absolute Gasteiger partial charge is 0.456 e. The zero-order valence-electron chi connectivity index (χ0n) is 38.0. The lowest BCUT2D eigenvalue weighted by Crippen LogP contribution is -2.44. The third-order valence-corrected chi connectivity index (χ3v) is 16.5. The van der Waals surface area contributed by atoms with Crippen LogP contribution in [-0.4, -0.2) is 148 Å². The number of ether oxygens (including phenoxy) is 2. The summed E-state index contributed by atoms with van der Waals surface area (Å²) in [5, 5.41) is 0. The first-order valence-electron chi connectivity index (χ1n) is 18.1. The molecule has 0 rings (SSSR count). The van der Waals surface area contributed by atoms with E-state index in [1.54, 1.807) is 4.94 Å². The highest BCUT2D eigenvalue weighted by Gasteiger charge is 2.60. The topological polar surface area (TPSA) is 73.8 Å². The van der Waals surface area contributed by atoms with Crippen LogP contribution in [-0.2, 0) is 37.5 Å². The average Bonchev–Trinajstić information content (AvgIpc) is 3.25. The summed E-state index contributed by atoms with van der Waals surface area (Å²) in [7, 11) is -5.56. The van der Waals surface area contributed by atoms with Gasteiger partial charge in [-0.25, -0.2) is 30.7 Å². The van der Waals surface area contributed by atoms with Gasteiger partial charge < -0.3 is 17.7 Å². The van der Waals surface area contributed by atoms with E-state index < -0.39 is 135 Å². The first kappa shape index (κ1) is 99.3. The highest BCUT2D eigenvalue weighted by Crippen LogP contribution is 2.36. The van der Waals surface area contributed by atoms with Crippen molar-refractivity contribution in [2.45, 2.75) is 128 Å². The maximum absolute atomic E-state index is 12.0. The molecule has 0 aliphatic carbocycles. The van der Waals surface area contributed by atoms with E-state index in [9.17, 15) is 141 Å². The lowest BCUT2D eigenvalue weighted by Gasteiger charge is -2.32. The maximum Gasteiger partial charge on any atom is 0.456 e. The van der Waals surface area contributed by atoms with E-state index in [2.05, 4.69) is 41.0 Å². The van der Waals surface area contributed by atoms with Crippen molar-refractivity contribution in [3.63, 3.8) is 0 Å². The van der Waals surface area contributed by atoms with E-state index >= 15 is 0 Å². The van der Waals surface area contributed by atoms with Gasteiger partial charge >= 0.3 is 48.8 Å². The van der Waals surface area contributed by atoms with Gasteiger partial charge in [0.1, 0.15) is 0 Å². The van der Waals surface area contributed by atoms with Crippen LogP contribution in [0.2, 0.25) is 44.8 Å². The Balaban J connectivity index is -0.0000000782. The van der Waals surface area contributed by atoms with E-state index in [-0.39, 0.29) is 21.5 Å². The fourth-order valence-corrected chi connectivity index (χ4v) is 13.6.